The number of hydrogen-bond acceptors (Lipinski definition) is 4. The fourth-order valence-electron chi connectivity index (χ4n) is 2.81. The third-order valence-electron chi connectivity index (χ3n) is 4.03. The van der Waals surface area contributed by atoms with E-state index in [-0.39, 0.29) is 12.1 Å². The fourth-order valence-corrected chi connectivity index (χ4v) is 2.81. The summed E-state index contributed by atoms with van der Waals surface area (Å²) in [6.07, 6.45) is 3.38. The first-order valence-electron chi connectivity index (χ1n) is 7.82. The third kappa shape index (κ3) is 2.65. The highest BCUT2D eigenvalue weighted by molar-refractivity contribution is 5.71. The second kappa shape index (κ2) is 5.86. The number of pyridine rings is 1. The topological polar surface area (TPSA) is 85.6 Å². The molecule has 0 bridgehead atoms. The van der Waals surface area contributed by atoms with Crippen molar-refractivity contribution in [2.75, 3.05) is 0 Å². The summed E-state index contributed by atoms with van der Waals surface area (Å²) in [6, 6.07) is 12.8. The van der Waals surface area contributed by atoms with Gasteiger partial charge in [-0.2, -0.15) is 5.10 Å². The minimum Gasteiger partial charge on any atom is -0.305 e. The van der Waals surface area contributed by atoms with Gasteiger partial charge in [0.2, 0.25) is 0 Å². The molecule has 0 fully saturated rings. The Morgan fingerprint density at radius 1 is 1.08 bits per heavy atom. The third-order valence-corrected chi connectivity index (χ3v) is 4.03. The first-order valence-corrected chi connectivity index (χ1v) is 7.82. The van der Waals surface area contributed by atoms with Crippen molar-refractivity contribution in [1.29, 1.82) is 0 Å². The molecule has 0 saturated carbocycles. The zero-order valence-corrected chi connectivity index (χ0v) is 13.5. The van der Waals surface area contributed by atoms with Crippen molar-refractivity contribution in [3.8, 4) is 5.69 Å². The molecule has 1 aromatic carbocycles. The van der Waals surface area contributed by atoms with Crippen molar-refractivity contribution in [2.24, 2.45) is 0 Å². The first kappa shape index (κ1) is 15.1. The van der Waals surface area contributed by atoms with E-state index in [1.165, 1.54) is 6.20 Å². The molecule has 3 heterocycles. The Hall–Kier alpha value is -3.48. The number of hydrogen-bond donors (Lipinski definition) is 1. The van der Waals surface area contributed by atoms with Gasteiger partial charge in [-0.1, -0.05) is 18.2 Å². The van der Waals surface area contributed by atoms with Crippen molar-refractivity contribution in [1.82, 2.24) is 24.3 Å². The van der Waals surface area contributed by atoms with Gasteiger partial charge in [-0.05, 0) is 36.8 Å². The molecule has 0 aliphatic carbocycles. The normalized spacial score (nSPS) is 11.1. The Bertz CT molecular complexity index is 1190. The maximum absolute atomic E-state index is 12.7. The predicted molar refractivity (Wildman–Crippen MR) is 94.0 cm³/mol. The molecule has 0 aliphatic rings. The molecule has 124 valence electrons. The number of H-pyrrole nitrogens is 1. The average Bonchev–Trinajstić information content (AvgIpc) is 3.05. The summed E-state index contributed by atoms with van der Waals surface area (Å²) in [5, 5.41) is 4.41. The molecule has 4 aromatic rings. The number of benzene rings is 1. The molecule has 0 aliphatic heterocycles. The summed E-state index contributed by atoms with van der Waals surface area (Å²) < 4.78 is 2.90. The quantitative estimate of drug-likeness (QED) is 0.617. The maximum Gasteiger partial charge on any atom is 0.329 e. The number of nitrogens with zero attached hydrogens (tertiary/aromatic N) is 4. The average molecular weight is 333 g/mol. The van der Waals surface area contributed by atoms with E-state index in [4.69, 9.17) is 0 Å². The largest absolute Gasteiger partial charge is 0.329 e. The molecule has 0 atom stereocenters. The van der Waals surface area contributed by atoms with Crippen molar-refractivity contribution >= 4 is 11.0 Å². The molecule has 7 heteroatoms. The number of aromatic amines is 1. The summed E-state index contributed by atoms with van der Waals surface area (Å²) in [6.45, 7) is 2.04. The van der Waals surface area contributed by atoms with Gasteiger partial charge < -0.3 is 4.98 Å². The zero-order valence-electron chi connectivity index (χ0n) is 13.5. The monoisotopic (exact) mass is 333 g/mol. The SMILES string of the molecule is Cc1ccn(-c2ccccc2Cn2c(=O)[nH]c3cccnc3c2=O)n1. The van der Waals surface area contributed by atoms with Crippen molar-refractivity contribution < 1.29 is 0 Å². The summed E-state index contributed by atoms with van der Waals surface area (Å²) in [4.78, 5) is 31.8. The van der Waals surface area contributed by atoms with Crippen LogP contribution in [-0.4, -0.2) is 24.3 Å². The fraction of sp³-hybridized carbons (Fsp3) is 0.111. The maximum atomic E-state index is 12.7. The molecule has 0 unspecified atom stereocenters. The van der Waals surface area contributed by atoms with E-state index in [1.54, 1.807) is 16.8 Å². The van der Waals surface area contributed by atoms with Crippen LogP contribution in [0.3, 0.4) is 0 Å². The smallest absolute Gasteiger partial charge is 0.305 e. The first-order chi connectivity index (χ1) is 12.1. The number of aryl methyl sites for hydroxylation is 1. The lowest BCUT2D eigenvalue weighted by Crippen LogP contribution is -2.36. The second-order valence-corrected chi connectivity index (χ2v) is 5.75. The molecule has 3 aromatic heterocycles. The van der Waals surface area contributed by atoms with Crippen LogP contribution in [0.2, 0.25) is 0 Å². The number of nitrogens with one attached hydrogen (secondary N) is 1. The minimum atomic E-state index is -0.461. The molecular formula is C18H15N5O2. The highest BCUT2D eigenvalue weighted by Crippen LogP contribution is 2.15. The highest BCUT2D eigenvalue weighted by Gasteiger charge is 2.12. The minimum absolute atomic E-state index is 0.135. The number of aromatic nitrogens is 5. The lowest BCUT2D eigenvalue weighted by atomic mass is 10.1. The van der Waals surface area contributed by atoms with Gasteiger partial charge in [-0.15, -0.1) is 0 Å². The van der Waals surface area contributed by atoms with Crippen LogP contribution >= 0.6 is 0 Å². The van der Waals surface area contributed by atoms with Crippen molar-refractivity contribution in [2.45, 2.75) is 13.5 Å². The number of fused-ring (bicyclic) bond motifs is 1. The molecular weight excluding hydrogens is 318 g/mol. The Kier molecular flexibility index (Phi) is 3.53. The standard InChI is InChI=1S/C18H15N5O2/c1-12-8-10-23(21-12)15-7-3-2-5-13(15)11-22-17(24)16-14(20-18(22)25)6-4-9-19-16/h2-10H,11H2,1H3,(H,20,25). The van der Waals surface area contributed by atoms with Gasteiger partial charge in [-0.3, -0.25) is 9.36 Å². The van der Waals surface area contributed by atoms with Crippen LogP contribution in [-0.2, 0) is 6.54 Å². The lowest BCUT2D eigenvalue weighted by molar-refractivity contribution is 0.700. The predicted octanol–water partition coefficient (Wildman–Crippen LogP) is 1.63. The molecule has 0 saturated heterocycles. The molecule has 0 radical (unpaired) electrons. The van der Waals surface area contributed by atoms with Crippen LogP contribution in [0.5, 0.6) is 0 Å². The molecule has 25 heavy (non-hydrogen) atoms. The zero-order chi connectivity index (χ0) is 17.4. The van der Waals surface area contributed by atoms with Gasteiger partial charge in [0.25, 0.3) is 5.56 Å². The lowest BCUT2D eigenvalue weighted by Gasteiger charge is -2.11. The molecule has 0 amide bonds. The van der Waals surface area contributed by atoms with Crippen LogP contribution in [0, 0.1) is 6.92 Å². The Morgan fingerprint density at radius 2 is 1.92 bits per heavy atom. The molecule has 7 nitrogen and oxygen atoms in total. The molecule has 4 rings (SSSR count). The van der Waals surface area contributed by atoms with Gasteiger partial charge >= 0.3 is 5.69 Å². The number of para-hydroxylation sites is 1. The Balaban J connectivity index is 1.86. The van der Waals surface area contributed by atoms with Crippen LogP contribution in [0.1, 0.15) is 11.3 Å². The molecule has 0 spiro atoms. The van der Waals surface area contributed by atoms with Crippen LogP contribution in [0.25, 0.3) is 16.7 Å². The van der Waals surface area contributed by atoms with E-state index in [2.05, 4.69) is 15.1 Å². The number of rotatable bonds is 3. The van der Waals surface area contributed by atoms with E-state index in [9.17, 15) is 9.59 Å². The van der Waals surface area contributed by atoms with Gasteiger partial charge in [0.15, 0.2) is 5.52 Å². The van der Waals surface area contributed by atoms with Gasteiger partial charge in [-0.25, -0.2) is 14.5 Å². The van der Waals surface area contributed by atoms with Gasteiger partial charge in [0.05, 0.1) is 23.4 Å². The van der Waals surface area contributed by atoms with E-state index in [0.29, 0.717) is 5.52 Å². The summed E-state index contributed by atoms with van der Waals surface area (Å²) in [7, 11) is 0. The van der Waals surface area contributed by atoms with E-state index >= 15 is 0 Å². The summed E-state index contributed by atoms with van der Waals surface area (Å²) in [5.41, 5.74) is 2.33. The second-order valence-electron chi connectivity index (χ2n) is 5.75. The van der Waals surface area contributed by atoms with E-state index < -0.39 is 11.2 Å². The van der Waals surface area contributed by atoms with Crippen LogP contribution in [0.15, 0.2) is 64.4 Å². The van der Waals surface area contributed by atoms with Crippen LogP contribution in [0.4, 0.5) is 0 Å². The Morgan fingerprint density at radius 3 is 2.72 bits per heavy atom. The van der Waals surface area contributed by atoms with E-state index in [1.807, 2.05) is 43.5 Å². The van der Waals surface area contributed by atoms with Crippen molar-refractivity contribution in [3.05, 3.63) is 87.0 Å². The molecule has 1 N–H and O–H groups in total. The highest BCUT2D eigenvalue weighted by atomic mass is 16.2. The van der Waals surface area contributed by atoms with Gasteiger partial charge in [0.1, 0.15) is 0 Å². The Labute approximate surface area is 142 Å². The van der Waals surface area contributed by atoms with E-state index in [0.717, 1.165) is 21.5 Å². The summed E-state index contributed by atoms with van der Waals surface area (Å²) >= 11 is 0. The van der Waals surface area contributed by atoms with Crippen LogP contribution < -0.4 is 11.2 Å². The van der Waals surface area contributed by atoms with Gasteiger partial charge in [0, 0.05) is 12.4 Å². The summed E-state index contributed by atoms with van der Waals surface area (Å²) in [5.74, 6) is 0. The van der Waals surface area contributed by atoms with Crippen molar-refractivity contribution in [3.63, 3.8) is 0 Å².